The van der Waals surface area contributed by atoms with Crippen molar-refractivity contribution in [3.05, 3.63) is 35.9 Å². The van der Waals surface area contributed by atoms with Crippen molar-refractivity contribution in [2.75, 3.05) is 13.2 Å². The molecule has 1 atom stereocenters. The predicted molar refractivity (Wildman–Crippen MR) is 56.4 cm³/mol. The SMILES string of the molecule is CC=Cc1ccccc1OCC1CO1. The first-order valence-corrected chi connectivity index (χ1v) is 4.86. The van der Waals surface area contributed by atoms with Crippen LogP contribution in [0.1, 0.15) is 12.5 Å². The van der Waals surface area contributed by atoms with Crippen molar-refractivity contribution < 1.29 is 9.47 Å². The van der Waals surface area contributed by atoms with Gasteiger partial charge in [-0.1, -0.05) is 30.4 Å². The molecule has 0 saturated carbocycles. The van der Waals surface area contributed by atoms with Crippen LogP contribution in [0.25, 0.3) is 6.08 Å². The molecule has 1 unspecified atom stereocenters. The van der Waals surface area contributed by atoms with E-state index in [9.17, 15) is 0 Å². The average molecular weight is 190 g/mol. The van der Waals surface area contributed by atoms with Gasteiger partial charge < -0.3 is 9.47 Å². The van der Waals surface area contributed by atoms with E-state index in [1.54, 1.807) is 0 Å². The van der Waals surface area contributed by atoms with Gasteiger partial charge in [0.05, 0.1) is 6.61 Å². The lowest BCUT2D eigenvalue weighted by Crippen LogP contribution is -2.04. The number of rotatable bonds is 4. The van der Waals surface area contributed by atoms with Gasteiger partial charge in [-0.2, -0.15) is 0 Å². The number of hydrogen-bond acceptors (Lipinski definition) is 2. The van der Waals surface area contributed by atoms with Gasteiger partial charge in [-0.25, -0.2) is 0 Å². The molecule has 0 amide bonds. The van der Waals surface area contributed by atoms with Gasteiger partial charge in [0, 0.05) is 5.56 Å². The largest absolute Gasteiger partial charge is 0.490 e. The maximum absolute atomic E-state index is 5.64. The minimum absolute atomic E-state index is 0.314. The first-order chi connectivity index (χ1) is 6.90. The summed E-state index contributed by atoms with van der Waals surface area (Å²) in [5, 5.41) is 0. The summed E-state index contributed by atoms with van der Waals surface area (Å²) in [7, 11) is 0. The lowest BCUT2D eigenvalue weighted by molar-refractivity contribution is 0.262. The molecule has 0 aliphatic carbocycles. The second-order valence-corrected chi connectivity index (χ2v) is 3.30. The Hall–Kier alpha value is -1.28. The highest BCUT2D eigenvalue weighted by Gasteiger charge is 2.23. The summed E-state index contributed by atoms with van der Waals surface area (Å²) in [6.45, 7) is 3.50. The van der Waals surface area contributed by atoms with Crippen LogP contribution in [0.15, 0.2) is 30.3 Å². The van der Waals surface area contributed by atoms with Crippen molar-refractivity contribution >= 4 is 6.08 Å². The zero-order chi connectivity index (χ0) is 9.80. The van der Waals surface area contributed by atoms with E-state index in [1.807, 2.05) is 43.3 Å². The van der Waals surface area contributed by atoms with Gasteiger partial charge in [0.2, 0.25) is 0 Å². The van der Waals surface area contributed by atoms with Crippen LogP contribution in [0.3, 0.4) is 0 Å². The maximum Gasteiger partial charge on any atom is 0.126 e. The zero-order valence-electron chi connectivity index (χ0n) is 8.27. The standard InChI is InChI=1S/C12H14O2/c1-2-5-10-6-3-4-7-12(10)14-9-11-8-13-11/h2-7,11H,8-9H2,1H3. The third-order valence-electron chi connectivity index (χ3n) is 2.09. The van der Waals surface area contributed by atoms with Crippen LogP contribution in [0.4, 0.5) is 0 Å². The fourth-order valence-corrected chi connectivity index (χ4v) is 1.28. The summed E-state index contributed by atoms with van der Waals surface area (Å²) in [6, 6.07) is 8.02. The summed E-state index contributed by atoms with van der Waals surface area (Å²) < 4.78 is 10.7. The molecule has 74 valence electrons. The molecule has 0 bridgehead atoms. The average Bonchev–Trinajstić information content (AvgIpc) is 3.01. The number of hydrogen-bond donors (Lipinski definition) is 0. The molecule has 0 aromatic heterocycles. The van der Waals surface area contributed by atoms with Gasteiger partial charge in [-0.05, 0) is 13.0 Å². The minimum Gasteiger partial charge on any atom is -0.490 e. The lowest BCUT2D eigenvalue weighted by Gasteiger charge is -2.06. The fourth-order valence-electron chi connectivity index (χ4n) is 1.28. The Labute approximate surface area is 84.2 Å². The Bertz CT molecular complexity index is 327. The van der Waals surface area contributed by atoms with E-state index < -0.39 is 0 Å². The lowest BCUT2D eigenvalue weighted by atomic mass is 10.2. The van der Waals surface area contributed by atoms with Gasteiger partial charge >= 0.3 is 0 Å². The van der Waals surface area contributed by atoms with E-state index in [0.29, 0.717) is 12.7 Å². The van der Waals surface area contributed by atoms with Crippen molar-refractivity contribution in [1.29, 1.82) is 0 Å². The fraction of sp³-hybridized carbons (Fsp3) is 0.333. The molecule has 1 heterocycles. The van der Waals surface area contributed by atoms with Crippen LogP contribution in [0.2, 0.25) is 0 Å². The first-order valence-electron chi connectivity index (χ1n) is 4.86. The Morgan fingerprint density at radius 1 is 1.50 bits per heavy atom. The zero-order valence-corrected chi connectivity index (χ0v) is 8.27. The molecule has 0 spiro atoms. The molecule has 2 rings (SSSR count). The van der Waals surface area contributed by atoms with Crippen molar-refractivity contribution in [3.63, 3.8) is 0 Å². The van der Waals surface area contributed by atoms with Gasteiger partial charge in [0.1, 0.15) is 18.5 Å². The highest BCUT2D eigenvalue weighted by Crippen LogP contribution is 2.21. The summed E-state index contributed by atoms with van der Waals surface area (Å²) in [6.07, 6.45) is 4.37. The second kappa shape index (κ2) is 4.29. The number of ether oxygens (including phenoxy) is 2. The van der Waals surface area contributed by atoms with Crippen LogP contribution < -0.4 is 4.74 Å². The molecule has 1 fully saturated rings. The van der Waals surface area contributed by atoms with E-state index >= 15 is 0 Å². The van der Waals surface area contributed by atoms with E-state index in [4.69, 9.17) is 9.47 Å². The van der Waals surface area contributed by atoms with Crippen LogP contribution in [0, 0.1) is 0 Å². The number of benzene rings is 1. The van der Waals surface area contributed by atoms with Crippen molar-refractivity contribution in [3.8, 4) is 5.75 Å². The van der Waals surface area contributed by atoms with Gasteiger partial charge in [-0.3, -0.25) is 0 Å². The molecule has 1 aliphatic heterocycles. The van der Waals surface area contributed by atoms with E-state index in [0.717, 1.165) is 17.9 Å². The summed E-state index contributed by atoms with van der Waals surface area (Å²) in [5.41, 5.74) is 1.12. The van der Waals surface area contributed by atoms with Crippen LogP contribution in [0.5, 0.6) is 5.75 Å². The molecule has 2 nitrogen and oxygen atoms in total. The quantitative estimate of drug-likeness (QED) is 0.680. The molecule has 0 N–H and O–H groups in total. The van der Waals surface area contributed by atoms with Crippen LogP contribution in [-0.2, 0) is 4.74 Å². The highest BCUT2D eigenvalue weighted by atomic mass is 16.6. The molecular weight excluding hydrogens is 176 g/mol. The summed E-state index contributed by atoms with van der Waals surface area (Å²) >= 11 is 0. The van der Waals surface area contributed by atoms with Crippen LogP contribution >= 0.6 is 0 Å². The van der Waals surface area contributed by atoms with Crippen LogP contribution in [-0.4, -0.2) is 19.3 Å². The summed E-state index contributed by atoms with van der Waals surface area (Å²) in [4.78, 5) is 0. The van der Waals surface area contributed by atoms with E-state index in [1.165, 1.54) is 0 Å². The Balaban J connectivity index is 2.05. The van der Waals surface area contributed by atoms with Crippen molar-refractivity contribution in [1.82, 2.24) is 0 Å². The van der Waals surface area contributed by atoms with E-state index in [-0.39, 0.29) is 0 Å². The monoisotopic (exact) mass is 190 g/mol. The van der Waals surface area contributed by atoms with E-state index in [2.05, 4.69) is 0 Å². The molecule has 1 saturated heterocycles. The summed E-state index contributed by atoms with van der Waals surface area (Å²) in [5.74, 6) is 0.932. The second-order valence-electron chi connectivity index (χ2n) is 3.30. The van der Waals surface area contributed by atoms with Crippen molar-refractivity contribution in [2.24, 2.45) is 0 Å². The Kier molecular flexibility index (Phi) is 2.84. The third-order valence-corrected chi connectivity index (χ3v) is 2.09. The molecule has 2 heteroatoms. The molecule has 0 radical (unpaired) electrons. The van der Waals surface area contributed by atoms with Gasteiger partial charge in [0.15, 0.2) is 0 Å². The molecule has 1 aliphatic rings. The number of para-hydroxylation sites is 1. The minimum atomic E-state index is 0.314. The molecule has 14 heavy (non-hydrogen) atoms. The third kappa shape index (κ3) is 2.36. The number of allylic oxidation sites excluding steroid dienone is 1. The normalized spacial score (nSPS) is 19.9. The first kappa shape index (κ1) is 9.28. The Morgan fingerprint density at radius 3 is 3.00 bits per heavy atom. The van der Waals surface area contributed by atoms with Gasteiger partial charge in [-0.15, -0.1) is 0 Å². The topological polar surface area (TPSA) is 21.8 Å². The molecule has 1 aromatic carbocycles. The van der Waals surface area contributed by atoms with Gasteiger partial charge in [0.25, 0.3) is 0 Å². The molecular formula is C12H14O2. The highest BCUT2D eigenvalue weighted by molar-refractivity contribution is 5.56. The number of epoxide rings is 1. The van der Waals surface area contributed by atoms with Crippen molar-refractivity contribution in [2.45, 2.75) is 13.0 Å². The maximum atomic E-state index is 5.64. The molecule has 1 aromatic rings. The predicted octanol–water partition coefficient (Wildman–Crippen LogP) is 2.50. The Morgan fingerprint density at radius 2 is 2.29 bits per heavy atom. The smallest absolute Gasteiger partial charge is 0.126 e.